The molecular weight excluding hydrogens is 550 g/mol. The quantitative estimate of drug-likeness (QED) is 0.331. The van der Waals surface area contributed by atoms with E-state index >= 15 is 0 Å². The SMILES string of the molecule is COc1ccc(N(CCCC(=O)Nc2ccc(S(=O)(=O)Nc3ccc(C)c(C)c3)cc2)S(C)(=O)=O)cc1Cl. The maximum absolute atomic E-state index is 12.7. The van der Waals surface area contributed by atoms with Gasteiger partial charge in [-0.2, -0.15) is 0 Å². The number of carbonyl (C=O) groups is 1. The Morgan fingerprint density at radius 2 is 1.58 bits per heavy atom. The normalized spacial score (nSPS) is 11.6. The van der Waals surface area contributed by atoms with Crippen molar-refractivity contribution < 1.29 is 26.4 Å². The van der Waals surface area contributed by atoms with Crippen molar-refractivity contribution in [2.45, 2.75) is 31.6 Å². The van der Waals surface area contributed by atoms with Crippen LogP contribution < -0.4 is 19.1 Å². The molecule has 1 amide bonds. The zero-order valence-electron chi connectivity index (χ0n) is 21.5. The number of carbonyl (C=O) groups excluding carboxylic acids is 1. The molecule has 0 aliphatic carbocycles. The summed E-state index contributed by atoms with van der Waals surface area (Å²) in [6.07, 6.45) is 1.37. The first kappa shape index (κ1) is 29.3. The highest BCUT2D eigenvalue weighted by Crippen LogP contribution is 2.30. The zero-order chi connectivity index (χ0) is 28.1. The molecule has 38 heavy (non-hydrogen) atoms. The summed E-state index contributed by atoms with van der Waals surface area (Å²) in [5.41, 5.74) is 3.27. The fourth-order valence-corrected chi connectivity index (χ4v) is 5.90. The van der Waals surface area contributed by atoms with E-state index in [9.17, 15) is 21.6 Å². The van der Waals surface area contributed by atoms with E-state index < -0.39 is 20.0 Å². The first-order chi connectivity index (χ1) is 17.8. The first-order valence-electron chi connectivity index (χ1n) is 11.6. The molecule has 0 heterocycles. The zero-order valence-corrected chi connectivity index (χ0v) is 23.9. The van der Waals surface area contributed by atoms with E-state index in [1.54, 1.807) is 24.3 Å². The number of benzene rings is 3. The van der Waals surface area contributed by atoms with Crippen molar-refractivity contribution in [3.05, 3.63) is 76.8 Å². The van der Waals surface area contributed by atoms with Crippen molar-refractivity contribution in [3.8, 4) is 5.75 Å². The predicted molar refractivity (Wildman–Crippen MR) is 151 cm³/mol. The van der Waals surface area contributed by atoms with Gasteiger partial charge in [-0.05, 0) is 86.0 Å². The van der Waals surface area contributed by atoms with Crippen LogP contribution in [-0.4, -0.2) is 42.7 Å². The van der Waals surface area contributed by atoms with Crippen LogP contribution >= 0.6 is 11.6 Å². The Kier molecular flexibility index (Phi) is 9.29. The number of ether oxygens (including phenoxy) is 1. The maximum atomic E-state index is 12.7. The van der Waals surface area contributed by atoms with E-state index in [1.165, 1.54) is 41.7 Å². The summed E-state index contributed by atoms with van der Waals surface area (Å²) < 4.78 is 58.9. The third-order valence-electron chi connectivity index (χ3n) is 5.80. The third kappa shape index (κ3) is 7.62. The topological polar surface area (TPSA) is 122 Å². The van der Waals surface area contributed by atoms with Crippen LogP contribution in [-0.2, 0) is 24.8 Å². The molecular formula is C26H30ClN3O6S2. The first-order valence-corrected chi connectivity index (χ1v) is 15.3. The molecule has 3 aromatic carbocycles. The molecule has 0 aliphatic rings. The van der Waals surface area contributed by atoms with Crippen LogP contribution in [0.15, 0.2) is 65.6 Å². The van der Waals surface area contributed by atoms with Crippen LogP contribution in [0.4, 0.5) is 17.1 Å². The number of rotatable bonds is 11. The second kappa shape index (κ2) is 12.1. The summed E-state index contributed by atoms with van der Waals surface area (Å²) in [6, 6.07) is 15.7. The second-order valence-electron chi connectivity index (χ2n) is 8.73. The molecule has 0 aliphatic heterocycles. The summed E-state index contributed by atoms with van der Waals surface area (Å²) in [6.45, 7) is 3.91. The fraction of sp³-hybridized carbons (Fsp3) is 0.269. The summed E-state index contributed by atoms with van der Waals surface area (Å²) in [4.78, 5) is 12.5. The van der Waals surface area contributed by atoms with Crippen LogP contribution in [0.3, 0.4) is 0 Å². The monoisotopic (exact) mass is 579 g/mol. The van der Waals surface area contributed by atoms with E-state index in [0.717, 1.165) is 17.4 Å². The number of hydrogen-bond donors (Lipinski definition) is 2. The molecule has 0 fully saturated rings. The lowest BCUT2D eigenvalue weighted by Gasteiger charge is -2.23. The molecule has 0 radical (unpaired) electrons. The van der Waals surface area contributed by atoms with Crippen molar-refractivity contribution in [2.24, 2.45) is 0 Å². The number of halogens is 1. The Morgan fingerprint density at radius 3 is 2.16 bits per heavy atom. The lowest BCUT2D eigenvalue weighted by atomic mass is 10.1. The number of nitrogens with zero attached hydrogens (tertiary/aromatic N) is 1. The second-order valence-corrected chi connectivity index (χ2v) is 12.7. The number of amides is 1. The standard InChI is InChI=1S/C26H30ClN3O6S2/c1-18-7-8-21(16-19(18)2)29-38(34,35)23-12-9-20(10-13-23)28-26(31)6-5-15-30(37(4,32)33)22-11-14-25(36-3)24(27)17-22/h7-14,16-17,29H,5-6,15H2,1-4H3,(H,28,31). The predicted octanol–water partition coefficient (Wildman–Crippen LogP) is 4.95. The van der Waals surface area contributed by atoms with Crippen molar-refractivity contribution >= 4 is 54.6 Å². The van der Waals surface area contributed by atoms with Gasteiger partial charge in [0.2, 0.25) is 15.9 Å². The molecule has 12 heteroatoms. The van der Waals surface area contributed by atoms with Crippen LogP contribution in [0.1, 0.15) is 24.0 Å². The van der Waals surface area contributed by atoms with E-state index in [0.29, 0.717) is 22.8 Å². The van der Waals surface area contributed by atoms with Gasteiger partial charge in [0.05, 0.1) is 29.0 Å². The minimum atomic E-state index is -3.80. The third-order valence-corrected chi connectivity index (χ3v) is 8.68. The Balaban J connectivity index is 1.59. The summed E-state index contributed by atoms with van der Waals surface area (Å²) >= 11 is 6.14. The number of anilines is 3. The number of hydrogen-bond acceptors (Lipinski definition) is 6. The molecule has 3 rings (SSSR count). The van der Waals surface area contributed by atoms with Gasteiger partial charge in [0.1, 0.15) is 5.75 Å². The highest BCUT2D eigenvalue weighted by Gasteiger charge is 2.19. The van der Waals surface area contributed by atoms with Crippen molar-refractivity contribution in [1.29, 1.82) is 0 Å². The Hall–Kier alpha value is -3.28. The van der Waals surface area contributed by atoms with Gasteiger partial charge in [-0.25, -0.2) is 16.8 Å². The van der Waals surface area contributed by atoms with Gasteiger partial charge < -0.3 is 10.1 Å². The minimum Gasteiger partial charge on any atom is -0.495 e. The molecule has 9 nitrogen and oxygen atoms in total. The molecule has 0 spiro atoms. The molecule has 2 N–H and O–H groups in total. The molecule has 0 bridgehead atoms. The van der Waals surface area contributed by atoms with Crippen LogP contribution in [0.25, 0.3) is 0 Å². The van der Waals surface area contributed by atoms with Gasteiger partial charge >= 0.3 is 0 Å². The van der Waals surface area contributed by atoms with Crippen LogP contribution in [0.2, 0.25) is 5.02 Å². The lowest BCUT2D eigenvalue weighted by molar-refractivity contribution is -0.116. The number of methoxy groups -OCH3 is 1. The van der Waals surface area contributed by atoms with Gasteiger partial charge in [-0.15, -0.1) is 0 Å². The molecule has 0 saturated heterocycles. The number of nitrogens with one attached hydrogen (secondary N) is 2. The average molecular weight is 580 g/mol. The molecule has 0 saturated carbocycles. The molecule has 0 aromatic heterocycles. The highest BCUT2D eigenvalue weighted by atomic mass is 35.5. The van der Waals surface area contributed by atoms with Gasteiger partial charge in [0.25, 0.3) is 10.0 Å². The maximum Gasteiger partial charge on any atom is 0.261 e. The lowest BCUT2D eigenvalue weighted by Crippen LogP contribution is -2.31. The van der Waals surface area contributed by atoms with Gasteiger partial charge in [-0.1, -0.05) is 17.7 Å². The molecule has 0 unspecified atom stereocenters. The van der Waals surface area contributed by atoms with Gasteiger partial charge in [0.15, 0.2) is 0 Å². The Morgan fingerprint density at radius 1 is 0.921 bits per heavy atom. The Labute approximate surface area is 228 Å². The molecule has 0 atom stereocenters. The summed E-state index contributed by atoms with van der Waals surface area (Å²) in [7, 11) is -5.96. The van der Waals surface area contributed by atoms with Crippen molar-refractivity contribution in [1.82, 2.24) is 0 Å². The average Bonchev–Trinajstić information content (AvgIpc) is 2.83. The van der Waals surface area contributed by atoms with Crippen LogP contribution in [0, 0.1) is 13.8 Å². The van der Waals surface area contributed by atoms with Crippen molar-refractivity contribution in [3.63, 3.8) is 0 Å². The summed E-state index contributed by atoms with van der Waals surface area (Å²) in [5.74, 6) is 0.0816. The van der Waals surface area contributed by atoms with E-state index in [4.69, 9.17) is 16.3 Å². The highest BCUT2D eigenvalue weighted by molar-refractivity contribution is 7.92. The molecule has 204 valence electrons. The van der Waals surface area contributed by atoms with Crippen LogP contribution in [0.5, 0.6) is 5.75 Å². The Bertz CT molecular complexity index is 1530. The van der Waals surface area contributed by atoms with E-state index in [1.807, 2.05) is 19.9 Å². The minimum absolute atomic E-state index is 0.0459. The fourth-order valence-electron chi connectivity index (χ4n) is 3.64. The largest absolute Gasteiger partial charge is 0.495 e. The summed E-state index contributed by atoms with van der Waals surface area (Å²) in [5, 5.41) is 2.97. The van der Waals surface area contributed by atoms with Gasteiger partial charge in [-0.3, -0.25) is 13.8 Å². The van der Waals surface area contributed by atoms with E-state index in [2.05, 4.69) is 10.0 Å². The molecule has 3 aromatic rings. The van der Waals surface area contributed by atoms with E-state index in [-0.39, 0.29) is 35.2 Å². The van der Waals surface area contributed by atoms with Crippen molar-refractivity contribution in [2.75, 3.05) is 34.3 Å². The number of sulfonamides is 2. The number of aryl methyl sites for hydroxylation is 2. The van der Waals surface area contributed by atoms with Gasteiger partial charge in [0, 0.05) is 24.3 Å². The smallest absolute Gasteiger partial charge is 0.261 e.